The van der Waals surface area contributed by atoms with Crippen molar-refractivity contribution in [2.45, 2.75) is 20.8 Å². The molecule has 0 radical (unpaired) electrons. The Labute approximate surface area is 108 Å². The van der Waals surface area contributed by atoms with Crippen molar-refractivity contribution in [3.05, 3.63) is 23.3 Å². The van der Waals surface area contributed by atoms with Crippen LogP contribution in [-0.4, -0.2) is 58.4 Å². The highest BCUT2D eigenvalue weighted by Gasteiger charge is 2.22. The first-order chi connectivity index (χ1) is 8.61. The van der Waals surface area contributed by atoms with Crippen LogP contribution in [0.2, 0.25) is 0 Å². The van der Waals surface area contributed by atoms with E-state index in [9.17, 15) is 4.79 Å². The molecule has 0 aliphatic carbocycles. The van der Waals surface area contributed by atoms with Gasteiger partial charge in [0.2, 0.25) is 0 Å². The van der Waals surface area contributed by atoms with Crippen molar-refractivity contribution in [3.8, 4) is 0 Å². The SMILES string of the molecule is CCN1CCN(C(=O)c2cnc(C)nc2C)CC1. The Bertz CT molecular complexity index is 439. The quantitative estimate of drug-likeness (QED) is 0.779. The Morgan fingerprint density at radius 2 is 1.94 bits per heavy atom. The number of likely N-dealkylation sites (N-methyl/N-ethyl adjacent to an activating group) is 1. The minimum atomic E-state index is 0.0586. The predicted molar refractivity (Wildman–Crippen MR) is 69.5 cm³/mol. The zero-order chi connectivity index (χ0) is 13.1. The lowest BCUT2D eigenvalue weighted by Crippen LogP contribution is -2.48. The highest BCUT2D eigenvalue weighted by atomic mass is 16.2. The van der Waals surface area contributed by atoms with Gasteiger partial charge in [0.15, 0.2) is 0 Å². The molecule has 0 spiro atoms. The molecule has 0 N–H and O–H groups in total. The smallest absolute Gasteiger partial charge is 0.257 e. The van der Waals surface area contributed by atoms with Crippen LogP contribution >= 0.6 is 0 Å². The zero-order valence-corrected chi connectivity index (χ0v) is 11.3. The number of aryl methyl sites for hydroxylation is 2. The van der Waals surface area contributed by atoms with Crippen LogP contribution < -0.4 is 0 Å². The van der Waals surface area contributed by atoms with Crippen LogP contribution in [0.4, 0.5) is 0 Å². The summed E-state index contributed by atoms with van der Waals surface area (Å²) in [5.74, 6) is 0.767. The molecular formula is C13H20N4O. The molecular weight excluding hydrogens is 228 g/mol. The van der Waals surface area contributed by atoms with Crippen molar-refractivity contribution in [3.63, 3.8) is 0 Å². The zero-order valence-electron chi connectivity index (χ0n) is 11.3. The number of amides is 1. The maximum Gasteiger partial charge on any atom is 0.257 e. The van der Waals surface area contributed by atoms with Crippen molar-refractivity contribution in [2.24, 2.45) is 0 Å². The number of carbonyl (C=O) groups is 1. The van der Waals surface area contributed by atoms with Crippen molar-refractivity contribution >= 4 is 5.91 Å². The number of carbonyl (C=O) groups excluding carboxylic acids is 1. The minimum Gasteiger partial charge on any atom is -0.336 e. The largest absolute Gasteiger partial charge is 0.336 e. The summed E-state index contributed by atoms with van der Waals surface area (Å²) in [4.78, 5) is 25.0. The van der Waals surface area contributed by atoms with Crippen LogP contribution in [-0.2, 0) is 0 Å². The molecule has 1 aromatic heterocycles. The fourth-order valence-corrected chi connectivity index (χ4v) is 2.23. The van der Waals surface area contributed by atoms with Crippen LogP contribution in [0.25, 0.3) is 0 Å². The molecule has 1 fully saturated rings. The van der Waals surface area contributed by atoms with Crippen LogP contribution in [0, 0.1) is 13.8 Å². The van der Waals surface area contributed by atoms with Gasteiger partial charge in [-0.1, -0.05) is 6.92 Å². The van der Waals surface area contributed by atoms with Gasteiger partial charge in [-0.2, -0.15) is 0 Å². The van der Waals surface area contributed by atoms with Gasteiger partial charge in [0.25, 0.3) is 5.91 Å². The summed E-state index contributed by atoms with van der Waals surface area (Å²) in [7, 11) is 0. The lowest BCUT2D eigenvalue weighted by molar-refractivity contribution is 0.0641. The van der Waals surface area contributed by atoms with E-state index < -0.39 is 0 Å². The molecule has 1 aromatic rings. The van der Waals surface area contributed by atoms with Crippen LogP contribution in [0.3, 0.4) is 0 Å². The Balaban J connectivity index is 2.08. The predicted octanol–water partition coefficient (Wildman–Crippen LogP) is 0.871. The molecule has 2 rings (SSSR count). The summed E-state index contributed by atoms with van der Waals surface area (Å²) in [5, 5.41) is 0. The molecule has 0 bridgehead atoms. The van der Waals surface area contributed by atoms with E-state index >= 15 is 0 Å². The molecule has 5 nitrogen and oxygen atoms in total. The van der Waals surface area contributed by atoms with E-state index in [4.69, 9.17) is 0 Å². The van der Waals surface area contributed by atoms with E-state index in [-0.39, 0.29) is 5.91 Å². The third-order valence-electron chi connectivity index (χ3n) is 3.44. The molecule has 18 heavy (non-hydrogen) atoms. The first kappa shape index (κ1) is 13.0. The number of nitrogens with zero attached hydrogens (tertiary/aromatic N) is 4. The van der Waals surface area contributed by atoms with E-state index in [0.717, 1.165) is 38.4 Å². The van der Waals surface area contributed by atoms with E-state index in [0.29, 0.717) is 11.4 Å². The summed E-state index contributed by atoms with van der Waals surface area (Å²) in [6.45, 7) is 10.4. The molecule has 1 aliphatic heterocycles. The van der Waals surface area contributed by atoms with Gasteiger partial charge in [-0.25, -0.2) is 9.97 Å². The highest BCUT2D eigenvalue weighted by molar-refractivity contribution is 5.95. The molecule has 98 valence electrons. The third-order valence-corrected chi connectivity index (χ3v) is 3.44. The topological polar surface area (TPSA) is 49.3 Å². The van der Waals surface area contributed by atoms with Crippen molar-refractivity contribution < 1.29 is 4.79 Å². The third kappa shape index (κ3) is 2.67. The minimum absolute atomic E-state index is 0.0586. The molecule has 5 heteroatoms. The standard InChI is InChI=1S/C13H20N4O/c1-4-16-5-7-17(8-6-16)13(18)12-9-14-11(3)15-10(12)2/h9H,4-8H2,1-3H3. The summed E-state index contributed by atoms with van der Waals surface area (Å²) < 4.78 is 0. The maximum atomic E-state index is 12.4. The first-order valence-corrected chi connectivity index (χ1v) is 6.43. The van der Waals surface area contributed by atoms with Crippen molar-refractivity contribution in [2.75, 3.05) is 32.7 Å². The summed E-state index contributed by atoms with van der Waals surface area (Å²) in [6, 6.07) is 0. The average Bonchev–Trinajstić information content (AvgIpc) is 2.38. The van der Waals surface area contributed by atoms with E-state index in [1.807, 2.05) is 18.7 Å². The molecule has 1 aliphatic rings. The van der Waals surface area contributed by atoms with Crippen molar-refractivity contribution in [1.29, 1.82) is 0 Å². The second kappa shape index (κ2) is 5.44. The molecule has 0 aromatic carbocycles. The Morgan fingerprint density at radius 1 is 1.28 bits per heavy atom. The Kier molecular flexibility index (Phi) is 3.91. The second-order valence-corrected chi connectivity index (χ2v) is 4.64. The molecule has 0 saturated carbocycles. The van der Waals surface area contributed by atoms with Gasteiger partial charge in [-0.15, -0.1) is 0 Å². The highest BCUT2D eigenvalue weighted by Crippen LogP contribution is 2.10. The van der Waals surface area contributed by atoms with Crippen molar-refractivity contribution in [1.82, 2.24) is 19.8 Å². The number of hydrogen-bond donors (Lipinski definition) is 0. The molecule has 1 saturated heterocycles. The normalized spacial score (nSPS) is 16.9. The Morgan fingerprint density at radius 3 is 2.50 bits per heavy atom. The second-order valence-electron chi connectivity index (χ2n) is 4.64. The lowest BCUT2D eigenvalue weighted by atomic mass is 10.2. The van der Waals surface area contributed by atoms with Gasteiger partial charge in [-0.3, -0.25) is 4.79 Å². The maximum absolute atomic E-state index is 12.4. The van der Waals surface area contributed by atoms with Crippen LogP contribution in [0.1, 0.15) is 28.8 Å². The van der Waals surface area contributed by atoms with Crippen LogP contribution in [0.15, 0.2) is 6.20 Å². The van der Waals surface area contributed by atoms with E-state index in [1.54, 1.807) is 6.20 Å². The summed E-state index contributed by atoms with van der Waals surface area (Å²) >= 11 is 0. The fraction of sp³-hybridized carbons (Fsp3) is 0.615. The molecule has 2 heterocycles. The van der Waals surface area contributed by atoms with E-state index in [1.165, 1.54) is 0 Å². The fourth-order valence-electron chi connectivity index (χ4n) is 2.23. The number of rotatable bonds is 2. The molecule has 1 amide bonds. The van der Waals surface area contributed by atoms with Gasteiger partial charge < -0.3 is 9.80 Å². The number of piperazine rings is 1. The lowest BCUT2D eigenvalue weighted by Gasteiger charge is -2.34. The van der Waals surface area contributed by atoms with E-state index in [2.05, 4.69) is 21.8 Å². The Hall–Kier alpha value is -1.49. The number of aromatic nitrogens is 2. The average molecular weight is 248 g/mol. The monoisotopic (exact) mass is 248 g/mol. The first-order valence-electron chi connectivity index (χ1n) is 6.43. The van der Waals surface area contributed by atoms with Gasteiger partial charge in [0, 0.05) is 32.4 Å². The summed E-state index contributed by atoms with van der Waals surface area (Å²) in [5.41, 5.74) is 1.40. The van der Waals surface area contributed by atoms with Gasteiger partial charge in [0.1, 0.15) is 5.82 Å². The summed E-state index contributed by atoms with van der Waals surface area (Å²) in [6.07, 6.45) is 1.65. The number of hydrogen-bond acceptors (Lipinski definition) is 4. The van der Waals surface area contributed by atoms with Gasteiger partial charge in [-0.05, 0) is 20.4 Å². The van der Waals surface area contributed by atoms with Gasteiger partial charge >= 0.3 is 0 Å². The molecule has 0 atom stereocenters. The van der Waals surface area contributed by atoms with Crippen LogP contribution in [0.5, 0.6) is 0 Å². The molecule has 0 unspecified atom stereocenters. The van der Waals surface area contributed by atoms with Gasteiger partial charge in [0.05, 0.1) is 11.3 Å².